The average Bonchev–Trinajstić information content (AvgIpc) is 3.47. The predicted molar refractivity (Wildman–Crippen MR) is 174 cm³/mol. The van der Waals surface area contributed by atoms with E-state index in [1.807, 2.05) is 80.1 Å². The Bertz CT molecular complexity index is 1670. The van der Waals surface area contributed by atoms with E-state index in [0.717, 1.165) is 46.0 Å². The number of ether oxygens (including phenoxy) is 2. The van der Waals surface area contributed by atoms with Crippen molar-refractivity contribution in [3.8, 4) is 28.1 Å². The smallest absolute Gasteiger partial charge is 0.416 e. The topological polar surface area (TPSA) is 76.9 Å². The normalized spacial score (nSPS) is 13.9. The monoisotopic (exact) mass is 648 g/mol. The second-order valence-corrected chi connectivity index (χ2v) is 12.4. The zero-order valence-corrected chi connectivity index (χ0v) is 27.0. The van der Waals surface area contributed by atoms with Gasteiger partial charge in [0.1, 0.15) is 5.60 Å². The molecule has 0 unspecified atom stereocenters. The number of hydrogen-bond donors (Lipinski definition) is 0. The molecule has 0 radical (unpaired) electrons. The Kier molecular flexibility index (Phi) is 9.93. The number of alkyl halides is 3. The van der Waals surface area contributed by atoms with E-state index in [2.05, 4.69) is 4.90 Å². The Morgan fingerprint density at radius 3 is 1.89 bits per heavy atom. The van der Waals surface area contributed by atoms with Gasteiger partial charge < -0.3 is 19.3 Å². The minimum atomic E-state index is -4.39. The molecule has 0 saturated carbocycles. The number of piperazine rings is 1. The fourth-order valence-electron chi connectivity index (χ4n) is 5.38. The van der Waals surface area contributed by atoms with Gasteiger partial charge in [-0.05, 0) is 81.3 Å². The molecule has 0 spiro atoms. The number of carbonyl (C=O) groups is 2. The highest BCUT2D eigenvalue weighted by Crippen LogP contribution is 2.32. The van der Waals surface area contributed by atoms with Crippen molar-refractivity contribution < 1.29 is 32.2 Å². The van der Waals surface area contributed by atoms with E-state index in [0.29, 0.717) is 44.8 Å². The van der Waals surface area contributed by atoms with E-state index >= 15 is 0 Å². The largest absolute Gasteiger partial charge is 0.466 e. The lowest BCUT2D eigenvalue weighted by molar-refractivity contribution is -0.143. The molecule has 4 aromatic rings. The number of halogens is 3. The van der Waals surface area contributed by atoms with Gasteiger partial charge in [-0.1, -0.05) is 36.4 Å². The molecule has 0 aliphatic carbocycles. The summed E-state index contributed by atoms with van der Waals surface area (Å²) in [5, 5.41) is 4.83. The van der Waals surface area contributed by atoms with Gasteiger partial charge in [0.05, 0.1) is 35.7 Å². The Labute approximate surface area is 272 Å². The van der Waals surface area contributed by atoms with Crippen LogP contribution in [0.4, 0.5) is 23.7 Å². The van der Waals surface area contributed by atoms with Crippen molar-refractivity contribution in [3.05, 3.63) is 90.1 Å². The zero-order valence-electron chi connectivity index (χ0n) is 27.0. The SMILES string of the molecule is CCOC(=O)CCc1cc(-c2ccc(-c3ccc(C(F)(F)F)cc3)cc2)n(-c2ccc(N3CCN(C(=O)OC(C)(C)C)CC3)cc2)n1. The molecule has 3 aromatic carbocycles. The van der Waals surface area contributed by atoms with Crippen LogP contribution >= 0.6 is 0 Å². The summed E-state index contributed by atoms with van der Waals surface area (Å²) in [5.74, 6) is -0.291. The first-order valence-electron chi connectivity index (χ1n) is 15.7. The number of esters is 1. The summed E-state index contributed by atoms with van der Waals surface area (Å²) in [6.07, 6.45) is -4.08. The summed E-state index contributed by atoms with van der Waals surface area (Å²) in [5.41, 5.74) is 4.47. The van der Waals surface area contributed by atoms with Crippen molar-refractivity contribution in [2.75, 3.05) is 37.7 Å². The Morgan fingerprint density at radius 2 is 1.34 bits per heavy atom. The van der Waals surface area contributed by atoms with E-state index < -0.39 is 17.3 Å². The van der Waals surface area contributed by atoms with Gasteiger partial charge in [0.15, 0.2) is 0 Å². The van der Waals surface area contributed by atoms with Crippen LogP contribution in [0.1, 0.15) is 45.4 Å². The van der Waals surface area contributed by atoms with Gasteiger partial charge in [0.25, 0.3) is 0 Å². The molecule has 1 aliphatic heterocycles. The van der Waals surface area contributed by atoms with E-state index in [1.165, 1.54) is 12.1 Å². The summed E-state index contributed by atoms with van der Waals surface area (Å²) in [6, 6.07) is 22.6. The van der Waals surface area contributed by atoms with Crippen LogP contribution in [0.25, 0.3) is 28.1 Å². The molecule has 1 amide bonds. The number of nitrogens with zero attached hydrogens (tertiary/aromatic N) is 4. The molecular weight excluding hydrogens is 609 g/mol. The lowest BCUT2D eigenvalue weighted by Crippen LogP contribution is -2.50. The molecule has 5 rings (SSSR count). The summed E-state index contributed by atoms with van der Waals surface area (Å²) in [4.78, 5) is 28.5. The number of aryl methyl sites for hydroxylation is 1. The van der Waals surface area contributed by atoms with Crippen LogP contribution in [0.3, 0.4) is 0 Å². The molecule has 1 fully saturated rings. The number of carbonyl (C=O) groups excluding carboxylic acids is 2. The number of anilines is 1. The van der Waals surface area contributed by atoms with Crippen molar-refractivity contribution in [3.63, 3.8) is 0 Å². The fourth-order valence-corrected chi connectivity index (χ4v) is 5.38. The second-order valence-electron chi connectivity index (χ2n) is 12.4. The third-order valence-corrected chi connectivity index (χ3v) is 7.77. The van der Waals surface area contributed by atoms with E-state index in [9.17, 15) is 22.8 Å². The first-order valence-corrected chi connectivity index (χ1v) is 15.7. The molecule has 47 heavy (non-hydrogen) atoms. The highest BCUT2D eigenvalue weighted by molar-refractivity contribution is 5.72. The minimum absolute atomic E-state index is 0.200. The molecule has 0 N–H and O–H groups in total. The highest BCUT2D eigenvalue weighted by Gasteiger charge is 2.30. The first kappa shape index (κ1) is 33.6. The number of hydrogen-bond acceptors (Lipinski definition) is 6. The van der Waals surface area contributed by atoms with Gasteiger partial charge in [-0.3, -0.25) is 4.79 Å². The highest BCUT2D eigenvalue weighted by atomic mass is 19.4. The lowest BCUT2D eigenvalue weighted by Gasteiger charge is -2.36. The third kappa shape index (κ3) is 8.52. The van der Waals surface area contributed by atoms with Gasteiger partial charge in [0, 0.05) is 43.9 Å². The van der Waals surface area contributed by atoms with Crippen LogP contribution in [0.2, 0.25) is 0 Å². The lowest BCUT2D eigenvalue weighted by atomic mass is 10.0. The molecule has 1 saturated heterocycles. The fraction of sp³-hybridized carbons (Fsp3) is 0.361. The molecule has 0 bridgehead atoms. The maximum atomic E-state index is 13.0. The Balaban J connectivity index is 1.35. The molecule has 1 aromatic heterocycles. The molecule has 2 heterocycles. The number of amides is 1. The van der Waals surface area contributed by atoms with Crippen LogP contribution < -0.4 is 4.90 Å². The summed E-state index contributed by atoms with van der Waals surface area (Å²) in [7, 11) is 0. The molecular formula is C36H39F3N4O4. The molecule has 8 nitrogen and oxygen atoms in total. The number of rotatable bonds is 8. The van der Waals surface area contributed by atoms with Crippen molar-refractivity contribution in [1.82, 2.24) is 14.7 Å². The van der Waals surface area contributed by atoms with Crippen molar-refractivity contribution in [1.29, 1.82) is 0 Å². The predicted octanol–water partition coefficient (Wildman–Crippen LogP) is 7.78. The summed E-state index contributed by atoms with van der Waals surface area (Å²) < 4.78 is 51.5. The number of aromatic nitrogens is 2. The molecule has 1 aliphatic rings. The van der Waals surface area contributed by atoms with Crippen molar-refractivity contribution in [2.45, 2.75) is 52.3 Å². The van der Waals surface area contributed by atoms with Crippen LogP contribution in [0.15, 0.2) is 78.9 Å². The minimum Gasteiger partial charge on any atom is -0.466 e. The quantitative estimate of drug-likeness (QED) is 0.182. The van der Waals surface area contributed by atoms with Gasteiger partial charge >= 0.3 is 18.2 Å². The van der Waals surface area contributed by atoms with Crippen LogP contribution in [0.5, 0.6) is 0 Å². The van der Waals surface area contributed by atoms with E-state index in [-0.39, 0.29) is 18.5 Å². The van der Waals surface area contributed by atoms with Crippen molar-refractivity contribution >= 4 is 17.7 Å². The first-order chi connectivity index (χ1) is 22.3. The second kappa shape index (κ2) is 13.9. The Hall–Kier alpha value is -4.80. The van der Waals surface area contributed by atoms with Crippen LogP contribution in [-0.2, 0) is 26.9 Å². The maximum Gasteiger partial charge on any atom is 0.416 e. The van der Waals surface area contributed by atoms with Crippen molar-refractivity contribution in [2.24, 2.45) is 0 Å². The number of benzene rings is 3. The maximum absolute atomic E-state index is 13.0. The van der Waals surface area contributed by atoms with Gasteiger partial charge in [-0.15, -0.1) is 0 Å². The molecule has 0 atom stereocenters. The van der Waals surface area contributed by atoms with Crippen LogP contribution in [-0.4, -0.2) is 65.1 Å². The molecule has 248 valence electrons. The van der Waals surface area contributed by atoms with Crippen LogP contribution in [0, 0.1) is 0 Å². The summed E-state index contributed by atoms with van der Waals surface area (Å²) >= 11 is 0. The van der Waals surface area contributed by atoms with Gasteiger partial charge in [-0.25, -0.2) is 9.48 Å². The summed E-state index contributed by atoms with van der Waals surface area (Å²) in [6.45, 7) is 10.1. The van der Waals surface area contributed by atoms with Gasteiger partial charge in [-0.2, -0.15) is 18.3 Å². The third-order valence-electron chi connectivity index (χ3n) is 7.77. The van der Waals surface area contributed by atoms with E-state index in [4.69, 9.17) is 14.6 Å². The standard InChI is InChI=1S/C36H39F3N4O4/c1-5-46-33(44)19-14-29-24-32(27-8-6-25(7-9-27)26-10-12-28(13-11-26)36(37,38)39)43(40-29)31-17-15-30(16-18-31)41-20-22-42(23-21-41)34(45)47-35(2,3)4/h6-13,15-18,24H,5,14,19-23H2,1-4H3. The Morgan fingerprint density at radius 1 is 0.787 bits per heavy atom. The average molecular weight is 649 g/mol. The van der Waals surface area contributed by atoms with E-state index in [1.54, 1.807) is 11.8 Å². The van der Waals surface area contributed by atoms with Gasteiger partial charge in [0.2, 0.25) is 0 Å². The molecule has 11 heteroatoms. The zero-order chi connectivity index (χ0) is 33.8.